The van der Waals surface area contributed by atoms with Gasteiger partial charge in [0.2, 0.25) is 0 Å². The molecule has 1 fully saturated rings. The number of guanidine groups is 1. The Morgan fingerprint density at radius 3 is 2.78 bits per heavy atom. The maximum absolute atomic E-state index is 5.37. The molecule has 0 bridgehead atoms. The number of hydrogen-bond donors (Lipinski definition) is 1. The molecule has 1 aliphatic rings. The molecule has 0 radical (unpaired) electrons. The first kappa shape index (κ1) is 20.3. The normalized spacial score (nSPS) is 18.3. The van der Waals surface area contributed by atoms with Gasteiger partial charge in [0.15, 0.2) is 5.96 Å². The Hall–Kier alpha value is -0.760. The predicted octanol–water partition coefficient (Wildman–Crippen LogP) is 2.82. The number of likely N-dealkylation sites (N-methyl/N-ethyl adjacent to an activating group) is 1. The van der Waals surface area contributed by atoms with Crippen LogP contribution in [0, 0.1) is 0 Å². The Balaban J connectivity index is 0.00000264. The summed E-state index contributed by atoms with van der Waals surface area (Å²) in [5, 5.41) is 3.43. The summed E-state index contributed by atoms with van der Waals surface area (Å²) in [6, 6.07) is 4.60. The van der Waals surface area contributed by atoms with Crippen molar-refractivity contribution in [3.8, 4) is 0 Å². The molecule has 0 spiro atoms. The van der Waals surface area contributed by atoms with Crippen LogP contribution in [0.15, 0.2) is 27.8 Å². The van der Waals surface area contributed by atoms with Crippen LogP contribution in [0.5, 0.6) is 0 Å². The van der Waals surface area contributed by atoms with E-state index in [1.165, 1.54) is 6.42 Å². The molecule has 2 heterocycles. The van der Waals surface area contributed by atoms with Crippen LogP contribution < -0.4 is 5.32 Å². The molecule has 1 unspecified atom stereocenters. The molecule has 1 aromatic heterocycles. The zero-order chi connectivity index (χ0) is 15.8. The molecule has 5 nitrogen and oxygen atoms in total. The number of furan rings is 1. The van der Waals surface area contributed by atoms with Crippen LogP contribution in [0.2, 0.25) is 0 Å². The van der Waals surface area contributed by atoms with Crippen molar-refractivity contribution in [1.82, 2.24) is 15.1 Å². The molecule has 23 heavy (non-hydrogen) atoms. The van der Waals surface area contributed by atoms with E-state index >= 15 is 0 Å². The van der Waals surface area contributed by atoms with Crippen LogP contribution in [0.1, 0.15) is 33.0 Å². The average Bonchev–Trinajstić information content (AvgIpc) is 3.19. The molecule has 0 aliphatic carbocycles. The lowest BCUT2D eigenvalue weighted by Gasteiger charge is -2.27. The van der Waals surface area contributed by atoms with Crippen molar-refractivity contribution in [3.63, 3.8) is 0 Å². The number of nitrogens with zero attached hydrogens (tertiary/aromatic N) is 3. The van der Waals surface area contributed by atoms with E-state index in [4.69, 9.17) is 9.41 Å². The van der Waals surface area contributed by atoms with E-state index in [-0.39, 0.29) is 24.0 Å². The van der Waals surface area contributed by atoms with E-state index in [9.17, 15) is 0 Å². The molecule has 1 saturated heterocycles. The van der Waals surface area contributed by atoms with Crippen molar-refractivity contribution in [2.75, 3.05) is 39.3 Å². The minimum Gasteiger partial charge on any atom is -0.469 e. The summed E-state index contributed by atoms with van der Waals surface area (Å²) in [6.07, 6.45) is 3.80. The third kappa shape index (κ3) is 5.99. The first-order valence-corrected chi connectivity index (χ1v) is 8.58. The van der Waals surface area contributed by atoms with Gasteiger partial charge in [0, 0.05) is 38.6 Å². The molecule has 0 saturated carbocycles. The number of nitrogens with one attached hydrogen (secondary N) is 1. The maximum atomic E-state index is 5.37. The Bertz CT molecular complexity index is 445. The topological polar surface area (TPSA) is 44.0 Å². The van der Waals surface area contributed by atoms with Gasteiger partial charge in [-0.1, -0.05) is 13.8 Å². The standard InChI is InChI=1S/C17H30N4O.HI/c1-4-18-17(19-11-9-16-8-7-13-22-16)21-12-10-15(14-21)20(5-2)6-3;/h7-8,13,15H,4-6,9-12,14H2,1-3H3,(H,18,19);1H. The molecular weight excluding hydrogens is 403 g/mol. The number of likely N-dealkylation sites (tertiary alicyclic amines) is 1. The third-order valence-electron chi connectivity index (χ3n) is 4.33. The SMILES string of the molecule is CCNC(=NCCc1ccco1)N1CCC(N(CC)CC)C1.I. The fraction of sp³-hybridized carbons (Fsp3) is 0.706. The summed E-state index contributed by atoms with van der Waals surface area (Å²) >= 11 is 0. The van der Waals surface area contributed by atoms with E-state index in [1.807, 2.05) is 12.1 Å². The highest BCUT2D eigenvalue weighted by atomic mass is 127. The van der Waals surface area contributed by atoms with Crippen molar-refractivity contribution >= 4 is 29.9 Å². The van der Waals surface area contributed by atoms with E-state index in [2.05, 4.69) is 35.9 Å². The molecule has 2 rings (SSSR count). The molecule has 1 atom stereocenters. The Labute approximate surface area is 157 Å². The smallest absolute Gasteiger partial charge is 0.193 e. The van der Waals surface area contributed by atoms with E-state index in [1.54, 1.807) is 6.26 Å². The van der Waals surface area contributed by atoms with Crippen LogP contribution in [-0.4, -0.2) is 61.1 Å². The highest BCUT2D eigenvalue weighted by Gasteiger charge is 2.27. The average molecular weight is 434 g/mol. The third-order valence-corrected chi connectivity index (χ3v) is 4.33. The van der Waals surface area contributed by atoms with E-state index < -0.39 is 0 Å². The largest absolute Gasteiger partial charge is 0.469 e. The maximum Gasteiger partial charge on any atom is 0.193 e. The molecule has 132 valence electrons. The van der Waals surface area contributed by atoms with Gasteiger partial charge in [-0.25, -0.2) is 0 Å². The molecule has 6 heteroatoms. The minimum atomic E-state index is 0. The highest BCUT2D eigenvalue weighted by Crippen LogP contribution is 2.15. The molecule has 0 amide bonds. The highest BCUT2D eigenvalue weighted by molar-refractivity contribution is 14.0. The molecular formula is C17H31IN4O. The summed E-state index contributed by atoms with van der Waals surface area (Å²) in [5.74, 6) is 2.05. The second kappa shape index (κ2) is 10.9. The van der Waals surface area contributed by atoms with Gasteiger partial charge in [0.25, 0.3) is 0 Å². The van der Waals surface area contributed by atoms with Gasteiger partial charge in [-0.3, -0.25) is 9.89 Å². The van der Waals surface area contributed by atoms with Crippen LogP contribution in [0.4, 0.5) is 0 Å². The van der Waals surface area contributed by atoms with Crippen molar-refractivity contribution in [2.24, 2.45) is 4.99 Å². The fourth-order valence-electron chi connectivity index (χ4n) is 3.12. The molecule has 1 N–H and O–H groups in total. The second-order valence-corrected chi connectivity index (χ2v) is 5.67. The van der Waals surface area contributed by atoms with Crippen molar-refractivity contribution in [1.29, 1.82) is 0 Å². The van der Waals surface area contributed by atoms with Crippen molar-refractivity contribution in [2.45, 2.75) is 39.7 Å². The monoisotopic (exact) mass is 434 g/mol. The minimum absolute atomic E-state index is 0. The lowest BCUT2D eigenvalue weighted by atomic mass is 10.2. The fourth-order valence-corrected chi connectivity index (χ4v) is 3.12. The lowest BCUT2D eigenvalue weighted by Crippen LogP contribution is -2.43. The van der Waals surface area contributed by atoms with Gasteiger partial charge in [-0.15, -0.1) is 24.0 Å². The first-order chi connectivity index (χ1) is 10.8. The number of hydrogen-bond acceptors (Lipinski definition) is 3. The van der Waals surface area contributed by atoms with Gasteiger partial charge in [-0.2, -0.15) is 0 Å². The number of halogens is 1. The number of aliphatic imine (C=N–C) groups is 1. The molecule has 1 aliphatic heterocycles. The van der Waals surface area contributed by atoms with Crippen LogP contribution in [0.3, 0.4) is 0 Å². The Morgan fingerprint density at radius 2 is 2.17 bits per heavy atom. The Morgan fingerprint density at radius 1 is 1.39 bits per heavy atom. The zero-order valence-corrected chi connectivity index (χ0v) is 17.0. The summed E-state index contributed by atoms with van der Waals surface area (Å²) in [7, 11) is 0. The zero-order valence-electron chi connectivity index (χ0n) is 14.6. The second-order valence-electron chi connectivity index (χ2n) is 5.67. The lowest BCUT2D eigenvalue weighted by molar-refractivity contribution is 0.223. The van der Waals surface area contributed by atoms with Gasteiger partial charge >= 0.3 is 0 Å². The van der Waals surface area contributed by atoms with Gasteiger partial charge in [-0.05, 0) is 38.6 Å². The van der Waals surface area contributed by atoms with E-state index in [0.29, 0.717) is 6.04 Å². The van der Waals surface area contributed by atoms with Crippen LogP contribution >= 0.6 is 24.0 Å². The van der Waals surface area contributed by atoms with Gasteiger partial charge in [0.1, 0.15) is 5.76 Å². The summed E-state index contributed by atoms with van der Waals surface area (Å²) in [4.78, 5) is 9.71. The quantitative estimate of drug-likeness (QED) is 0.407. The summed E-state index contributed by atoms with van der Waals surface area (Å²) in [6.45, 7) is 12.7. The van der Waals surface area contributed by atoms with E-state index in [0.717, 1.165) is 57.4 Å². The van der Waals surface area contributed by atoms with Gasteiger partial charge < -0.3 is 14.6 Å². The number of rotatable bonds is 7. The summed E-state index contributed by atoms with van der Waals surface area (Å²) < 4.78 is 5.37. The van der Waals surface area contributed by atoms with Crippen molar-refractivity contribution < 1.29 is 4.42 Å². The van der Waals surface area contributed by atoms with Crippen LogP contribution in [0.25, 0.3) is 0 Å². The molecule has 1 aromatic rings. The Kier molecular flexibility index (Phi) is 9.62. The molecule has 0 aromatic carbocycles. The van der Waals surface area contributed by atoms with Gasteiger partial charge in [0.05, 0.1) is 6.26 Å². The van der Waals surface area contributed by atoms with Crippen LogP contribution in [-0.2, 0) is 6.42 Å². The summed E-state index contributed by atoms with van der Waals surface area (Å²) in [5.41, 5.74) is 0. The first-order valence-electron chi connectivity index (χ1n) is 8.58. The predicted molar refractivity (Wildman–Crippen MR) is 107 cm³/mol. The van der Waals surface area contributed by atoms with Crippen molar-refractivity contribution in [3.05, 3.63) is 24.2 Å².